The van der Waals surface area contributed by atoms with Gasteiger partial charge in [-0.25, -0.2) is 15.8 Å². The maximum absolute atomic E-state index is 6.18. The highest BCUT2D eigenvalue weighted by atomic mass is 35.5. The lowest BCUT2D eigenvalue weighted by atomic mass is 10.2. The molecule has 0 bridgehead atoms. The van der Waals surface area contributed by atoms with Crippen LogP contribution in [0.1, 0.15) is 5.56 Å². The van der Waals surface area contributed by atoms with Crippen molar-refractivity contribution in [2.24, 2.45) is 5.84 Å². The maximum atomic E-state index is 6.18. The van der Waals surface area contributed by atoms with Gasteiger partial charge < -0.3 is 0 Å². The van der Waals surface area contributed by atoms with Crippen molar-refractivity contribution in [1.82, 2.24) is 9.97 Å². The number of rotatable bonds is 2. The third-order valence-corrected chi connectivity index (χ3v) is 3.35. The van der Waals surface area contributed by atoms with Crippen molar-refractivity contribution < 1.29 is 0 Å². The van der Waals surface area contributed by atoms with Crippen molar-refractivity contribution >= 4 is 34.0 Å². The van der Waals surface area contributed by atoms with E-state index in [1.165, 1.54) is 11.9 Å². The number of hydrazine groups is 1. The van der Waals surface area contributed by atoms with Crippen LogP contribution in [0.5, 0.6) is 0 Å². The highest BCUT2D eigenvalue weighted by molar-refractivity contribution is 6.31. The Morgan fingerprint density at radius 2 is 1.80 bits per heavy atom. The number of benzene rings is 2. The van der Waals surface area contributed by atoms with Crippen LogP contribution in [0, 0.1) is 6.92 Å². The summed E-state index contributed by atoms with van der Waals surface area (Å²) in [6.45, 7) is 2.03. The number of anilines is 2. The largest absolute Gasteiger partial charge is 0.262 e. The van der Waals surface area contributed by atoms with Crippen LogP contribution in [0.25, 0.3) is 10.9 Å². The second-order valence-electron chi connectivity index (χ2n) is 4.56. The smallest absolute Gasteiger partial charge is 0.158 e. The lowest BCUT2D eigenvalue weighted by Crippen LogP contribution is -2.26. The lowest BCUT2D eigenvalue weighted by Gasteiger charge is -2.19. The lowest BCUT2D eigenvalue weighted by molar-refractivity contribution is 1.03. The Morgan fingerprint density at radius 3 is 2.55 bits per heavy atom. The molecule has 4 nitrogen and oxygen atoms in total. The summed E-state index contributed by atoms with van der Waals surface area (Å²) in [6.07, 6.45) is 1.49. The van der Waals surface area contributed by atoms with Gasteiger partial charge in [0.25, 0.3) is 0 Å². The van der Waals surface area contributed by atoms with E-state index in [1.807, 2.05) is 37.3 Å². The van der Waals surface area contributed by atoms with E-state index in [9.17, 15) is 0 Å². The Kier molecular flexibility index (Phi) is 3.26. The summed E-state index contributed by atoms with van der Waals surface area (Å²) in [5, 5.41) is 3.05. The number of aromatic nitrogens is 2. The quantitative estimate of drug-likeness (QED) is 0.577. The zero-order chi connectivity index (χ0) is 14.1. The first kappa shape index (κ1) is 12.8. The highest BCUT2D eigenvalue weighted by Crippen LogP contribution is 2.28. The van der Waals surface area contributed by atoms with Crippen LogP contribution >= 0.6 is 11.6 Å². The molecule has 0 atom stereocenters. The van der Waals surface area contributed by atoms with Gasteiger partial charge >= 0.3 is 0 Å². The maximum Gasteiger partial charge on any atom is 0.158 e. The van der Waals surface area contributed by atoms with Gasteiger partial charge in [0.15, 0.2) is 5.82 Å². The molecular weight excluding hydrogens is 272 g/mol. The molecule has 0 fully saturated rings. The predicted octanol–water partition coefficient (Wildman–Crippen LogP) is 3.60. The van der Waals surface area contributed by atoms with E-state index in [2.05, 4.69) is 9.97 Å². The van der Waals surface area contributed by atoms with Crippen LogP contribution in [0.3, 0.4) is 0 Å². The minimum absolute atomic E-state index is 0.640. The van der Waals surface area contributed by atoms with Crippen LogP contribution in [0.4, 0.5) is 11.5 Å². The van der Waals surface area contributed by atoms with Crippen molar-refractivity contribution in [1.29, 1.82) is 0 Å². The van der Waals surface area contributed by atoms with Gasteiger partial charge in [0.05, 0.1) is 11.2 Å². The second-order valence-corrected chi connectivity index (χ2v) is 5.00. The van der Waals surface area contributed by atoms with E-state index in [0.29, 0.717) is 10.8 Å². The molecule has 100 valence electrons. The third-order valence-electron chi connectivity index (χ3n) is 3.12. The molecule has 0 amide bonds. The van der Waals surface area contributed by atoms with E-state index < -0.39 is 0 Å². The van der Waals surface area contributed by atoms with Crippen molar-refractivity contribution in [3.8, 4) is 0 Å². The Labute approximate surface area is 121 Å². The van der Waals surface area contributed by atoms with Gasteiger partial charge in [0, 0.05) is 10.4 Å². The molecule has 5 heteroatoms. The Hall–Kier alpha value is -2.17. The van der Waals surface area contributed by atoms with E-state index in [-0.39, 0.29) is 0 Å². The number of fused-ring (bicyclic) bond motifs is 1. The molecule has 0 spiro atoms. The van der Waals surface area contributed by atoms with Crippen LogP contribution in [0.2, 0.25) is 5.02 Å². The number of nitrogens with zero attached hydrogens (tertiary/aromatic N) is 3. The summed E-state index contributed by atoms with van der Waals surface area (Å²) < 4.78 is 0. The highest BCUT2D eigenvalue weighted by Gasteiger charge is 2.11. The average Bonchev–Trinajstić information content (AvgIpc) is 2.46. The summed E-state index contributed by atoms with van der Waals surface area (Å²) in [4.78, 5) is 8.50. The van der Waals surface area contributed by atoms with Gasteiger partial charge in [-0.2, -0.15) is 0 Å². The van der Waals surface area contributed by atoms with Gasteiger partial charge in [0.1, 0.15) is 6.33 Å². The second kappa shape index (κ2) is 5.07. The SMILES string of the molecule is Cc1ccc(N(N)c2ncnc3cc(Cl)ccc23)cc1. The van der Waals surface area contributed by atoms with Crippen molar-refractivity contribution in [2.45, 2.75) is 6.92 Å². The van der Waals surface area contributed by atoms with Gasteiger partial charge in [-0.3, -0.25) is 5.01 Å². The molecule has 2 N–H and O–H groups in total. The van der Waals surface area contributed by atoms with Gasteiger partial charge in [-0.15, -0.1) is 0 Å². The standard InChI is InChI=1S/C15H13ClN4/c1-10-2-5-12(6-3-10)20(17)15-13-7-4-11(16)8-14(13)18-9-19-15/h2-9H,17H2,1H3. The monoisotopic (exact) mass is 284 g/mol. The number of halogens is 1. The molecule has 20 heavy (non-hydrogen) atoms. The third kappa shape index (κ3) is 2.31. The van der Waals surface area contributed by atoms with Crippen LogP contribution in [-0.2, 0) is 0 Å². The Morgan fingerprint density at radius 1 is 1.05 bits per heavy atom. The predicted molar refractivity (Wildman–Crippen MR) is 82.1 cm³/mol. The van der Waals surface area contributed by atoms with Crippen LogP contribution in [-0.4, -0.2) is 9.97 Å². The molecule has 3 aromatic rings. The molecule has 0 saturated heterocycles. The molecule has 1 aromatic heterocycles. The summed E-state index contributed by atoms with van der Waals surface area (Å²) in [6, 6.07) is 13.4. The number of hydrogen-bond acceptors (Lipinski definition) is 4. The fraction of sp³-hybridized carbons (Fsp3) is 0.0667. The molecule has 0 aliphatic carbocycles. The molecule has 0 saturated carbocycles. The van der Waals surface area contributed by atoms with E-state index in [0.717, 1.165) is 16.6 Å². The average molecular weight is 285 g/mol. The summed E-state index contributed by atoms with van der Waals surface area (Å²) in [5.41, 5.74) is 2.82. The van der Waals surface area contributed by atoms with Gasteiger partial charge in [-0.05, 0) is 37.3 Å². The van der Waals surface area contributed by atoms with Crippen molar-refractivity contribution in [3.05, 3.63) is 59.4 Å². The summed E-state index contributed by atoms with van der Waals surface area (Å²) in [5.74, 6) is 6.83. The van der Waals surface area contributed by atoms with Crippen molar-refractivity contribution in [2.75, 3.05) is 5.01 Å². The molecule has 0 aliphatic rings. The number of nitrogens with two attached hydrogens (primary N) is 1. The Balaban J connectivity index is 2.11. The zero-order valence-electron chi connectivity index (χ0n) is 10.9. The van der Waals surface area contributed by atoms with Crippen LogP contribution in [0.15, 0.2) is 48.8 Å². The van der Waals surface area contributed by atoms with Crippen molar-refractivity contribution in [3.63, 3.8) is 0 Å². The molecule has 0 radical (unpaired) electrons. The topological polar surface area (TPSA) is 55.0 Å². The first-order chi connectivity index (χ1) is 9.65. The molecule has 0 unspecified atom stereocenters. The normalized spacial score (nSPS) is 10.8. The van der Waals surface area contributed by atoms with Gasteiger partial charge in [0.2, 0.25) is 0 Å². The van der Waals surface area contributed by atoms with E-state index in [1.54, 1.807) is 17.1 Å². The number of hydrogen-bond donors (Lipinski definition) is 1. The molecule has 2 aromatic carbocycles. The summed E-state index contributed by atoms with van der Waals surface area (Å²) in [7, 11) is 0. The van der Waals surface area contributed by atoms with E-state index in [4.69, 9.17) is 17.4 Å². The number of aryl methyl sites for hydroxylation is 1. The van der Waals surface area contributed by atoms with E-state index >= 15 is 0 Å². The molecule has 0 aliphatic heterocycles. The first-order valence-corrected chi connectivity index (χ1v) is 6.55. The first-order valence-electron chi connectivity index (χ1n) is 6.17. The zero-order valence-corrected chi connectivity index (χ0v) is 11.7. The minimum atomic E-state index is 0.640. The molecule has 3 rings (SSSR count). The molecular formula is C15H13ClN4. The fourth-order valence-electron chi connectivity index (χ4n) is 2.04. The minimum Gasteiger partial charge on any atom is -0.262 e. The van der Waals surface area contributed by atoms with Gasteiger partial charge in [-0.1, -0.05) is 29.3 Å². The van der Waals surface area contributed by atoms with Crippen LogP contribution < -0.4 is 10.9 Å². The Bertz CT molecular complexity index is 755. The molecule has 1 heterocycles. The summed E-state index contributed by atoms with van der Waals surface area (Å²) >= 11 is 5.98. The fourth-order valence-corrected chi connectivity index (χ4v) is 2.20.